The number of carbonyl (C=O) groups excluding carboxylic acids is 2. The van der Waals surface area contributed by atoms with E-state index >= 15 is 0 Å². The van der Waals surface area contributed by atoms with Crippen LogP contribution in [0.25, 0.3) is 10.8 Å². The van der Waals surface area contributed by atoms with E-state index in [1.165, 1.54) is 36.5 Å². The molecule has 4 aromatic carbocycles. The summed E-state index contributed by atoms with van der Waals surface area (Å²) in [6.07, 6.45) is 1.38. The molecule has 0 saturated carbocycles. The first-order valence-electron chi connectivity index (χ1n) is 9.72. The average molecular weight is 427 g/mol. The monoisotopic (exact) mass is 427 g/mol. The number of phenols is 1. The van der Waals surface area contributed by atoms with E-state index in [-0.39, 0.29) is 11.3 Å². The van der Waals surface area contributed by atoms with Crippen LogP contribution in [0.2, 0.25) is 0 Å². The molecular formula is C25H18FN3O3. The second kappa shape index (κ2) is 9.09. The van der Waals surface area contributed by atoms with Crippen LogP contribution in [-0.4, -0.2) is 23.1 Å². The van der Waals surface area contributed by atoms with Crippen LogP contribution in [0.3, 0.4) is 0 Å². The molecule has 6 nitrogen and oxygen atoms in total. The number of anilines is 1. The van der Waals surface area contributed by atoms with Gasteiger partial charge in [0.05, 0.1) is 6.21 Å². The molecule has 0 spiro atoms. The molecule has 0 aliphatic rings. The Morgan fingerprint density at radius 2 is 1.62 bits per heavy atom. The molecule has 32 heavy (non-hydrogen) atoms. The lowest BCUT2D eigenvalue weighted by atomic mass is 10.0. The van der Waals surface area contributed by atoms with Gasteiger partial charge in [0.1, 0.15) is 11.6 Å². The summed E-state index contributed by atoms with van der Waals surface area (Å²) in [5.74, 6) is -1.30. The minimum absolute atomic E-state index is 0.0483. The van der Waals surface area contributed by atoms with Crippen LogP contribution >= 0.6 is 0 Å². The van der Waals surface area contributed by atoms with Crippen LogP contribution in [0.15, 0.2) is 90.0 Å². The zero-order chi connectivity index (χ0) is 22.5. The van der Waals surface area contributed by atoms with E-state index in [1.807, 2.05) is 24.3 Å². The number of amides is 2. The summed E-state index contributed by atoms with van der Waals surface area (Å²) in [6.45, 7) is 0. The second-order valence-electron chi connectivity index (χ2n) is 6.96. The van der Waals surface area contributed by atoms with Crippen molar-refractivity contribution in [1.29, 1.82) is 0 Å². The van der Waals surface area contributed by atoms with Crippen molar-refractivity contribution in [1.82, 2.24) is 5.43 Å². The predicted molar refractivity (Wildman–Crippen MR) is 121 cm³/mol. The van der Waals surface area contributed by atoms with Crippen LogP contribution in [0.5, 0.6) is 5.75 Å². The number of benzene rings is 4. The number of fused-ring (bicyclic) bond motifs is 1. The number of nitrogens with zero attached hydrogens (tertiary/aromatic N) is 1. The molecule has 0 fully saturated rings. The molecule has 0 aromatic heterocycles. The molecule has 4 rings (SSSR count). The molecule has 0 saturated heterocycles. The van der Waals surface area contributed by atoms with Crippen molar-refractivity contribution >= 4 is 34.5 Å². The van der Waals surface area contributed by atoms with E-state index in [1.54, 1.807) is 30.3 Å². The topological polar surface area (TPSA) is 90.8 Å². The first-order valence-corrected chi connectivity index (χ1v) is 9.72. The van der Waals surface area contributed by atoms with Gasteiger partial charge >= 0.3 is 0 Å². The first kappa shape index (κ1) is 20.7. The highest BCUT2D eigenvalue weighted by Gasteiger charge is 2.10. The van der Waals surface area contributed by atoms with Gasteiger partial charge in [-0.2, -0.15) is 5.10 Å². The minimum atomic E-state index is -0.487. The zero-order valence-electron chi connectivity index (χ0n) is 16.7. The number of hydrazone groups is 1. The molecule has 0 aliphatic carbocycles. The van der Waals surface area contributed by atoms with Gasteiger partial charge in [-0.25, -0.2) is 9.82 Å². The summed E-state index contributed by atoms with van der Waals surface area (Å²) in [4.78, 5) is 24.8. The van der Waals surface area contributed by atoms with Crippen LogP contribution < -0.4 is 10.7 Å². The fourth-order valence-electron chi connectivity index (χ4n) is 3.18. The van der Waals surface area contributed by atoms with E-state index in [9.17, 15) is 19.1 Å². The van der Waals surface area contributed by atoms with Crippen molar-refractivity contribution in [3.05, 3.63) is 107 Å². The van der Waals surface area contributed by atoms with Gasteiger partial charge in [-0.1, -0.05) is 36.4 Å². The SMILES string of the molecule is O=C(N/N=C/c1c(O)ccc2ccccc12)c1cccc(NC(=O)c2ccc(F)cc2)c1. The van der Waals surface area contributed by atoms with E-state index in [0.717, 1.165) is 10.8 Å². The van der Waals surface area contributed by atoms with E-state index in [0.29, 0.717) is 16.8 Å². The summed E-state index contributed by atoms with van der Waals surface area (Å²) >= 11 is 0. The third-order valence-corrected chi connectivity index (χ3v) is 4.80. The molecule has 158 valence electrons. The van der Waals surface area contributed by atoms with Crippen molar-refractivity contribution < 1.29 is 19.1 Å². The third-order valence-electron chi connectivity index (χ3n) is 4.80. The van der Waals surface area contributed by atoms with Crippen molar-refractivity contribution in [2.75, 3.05) is 5.32 Å². The van der Waals surface area contributed by atoms with Gasteiger partial charge in [-0.05, 0) is 59.3 Å². The van der Waals surface area contributed by atoms with Crippen molar-refractivity contribution in [2.45, 2.75) is 0 Å². The number of phenolic OH excluding ortho intramolecular Hbond substituents is 1. The summed E-state index contributed by atoms with van der Waals surface area (Å²) in [7, 11) is 0. The highest BCUT2D eigenvalue weighted by molar-refractivity contribution is 6.05. The van der Waals surface area contributed by atoms with Crippen LogP contribution in [-0.2, 0) is 0 Å². The molecule has 0 radical (unpaired) electrons. The van der Waals surface area contributed by atoms with Gasteiger partial charge < -0.3 is 10.4 Å². The Kier molecular flexibility index (Phi) is 5.89. The lowest BCUT2D eigenvalue weighted by Gasteiger charge is -2.07. The molecule has 0 unspecified atom stereocenters. The Balaban J connectivity index is 1.46. The first-order chi connectivity index (χ1) is 15.5. The maximum atomic E-state index is 13.0. The second-order valence-corrected chi connectivity index (χ2v) is 6.96. The van der Waals surface area contributed by atoms with Gasteiger partial charge in [0.2, 0.25) is 0 Å². The Labute approximate surface area is 183 Å². The van der Waals surface area contributed by atoms with Gasteiger partial charge in [0, 0.05) is 22.4 Å². The summed E-state index contributed by atoms with van der Waals surface area (Å²) in [6, 6.07) is 22.4. The van der Waals surface area contributed by atoms with Crippen LogP contribution in [0.1, 0.15) is 26.3 Å². The van der Waals surface area contributed by atoms with Gasteiger partial charge in [-0.3, -0.25) is 9.59 Å². The standard InChI is InChI=1S/C25H18FN3O3/c26-19-11-8-17(9-12-19)24(31)28-20-6-3-5-18(14-20)25(32)29-27-15-22-21-7-2-1-4-16(21)10-13-23(22)30/h1-15,30H,(H,28,31)(H,29,32)/b27-15+. The van der Waals surface area contributed by atoms with E-state index in [4.69, 9.17) is 0 Å². The number of nitrogens with one attached hydrogen (secondary N) is 2. The minimum Gasteiger partial charge on any atom is -0.507 e. The Hall–Kier alpha value is -4.52. The lowest BCUT2D eigenvalue weighted by Crippen LogP contribution is -2.18. The average Bonchev–Trinajstić information content (AvgIpc) is 2.81. The van der Waals surface area contributed by atoms with Crippen molar-refractivity contribution in [3.63, 3.8) is 0 Å². The number of hydrogen-bond donors (Lipinski definition) is 3. The van der Waals surface area contributed by atoms with Crippen LogP contribution in [0.4, 0.5) is 10.1 Å². The molecule has 2 amide bonds. The van der Waals surface area contributed by atoms with Crippen LogP contribution in [0, 0.1) is 5.82 Å². The summed E-state index contributed by atoms with van der Waals surface area (Å²) in [5.41, 5.74) is 3.89. The number of carbonyl (C=O) groups is 2. The normalized spacial score (nSPS) is 10.9. The fraction of sp³-hybridized carbons (Fsp3) is 0. The highest BCUT2D eigenvalue weighted by atomic mass is 19.1. The zero-order valence-corrected chi connectivity index (χ0v) is 16.7. The Bertz CT molecular complexity index is 1330. The van der Waals surface area contributed by atoms with Gasteiger partial charge in [0.15, 0.2) is 0 Å². The molecule has 0 bridgehead atoms. The number of halogens is 1. The summed E-state index contributed by atoms with van der Waals surface area (Å²) in [5, 5.41) is 18.5. The summed E-state index contributed by atoms with van der Waals surface area (Å²) < 4.78 is 13.0. The number of rotatable bonds is 5. The largest absolute Gasteiger partial charge is 0.507 e. The van der Waals surface area contributed by atoms with Gasteiger partial charge in [-0.15, -0.1) is 0 Å². The molecule has 3 N–H and O–H groups in total. The maximum Gasteiger partial charge on any atom is 0.271 e. The highest BCUT2D eigenvalue weighted by Crippen LogP contribution is 2.25. The Morgan fingerprint density at radius 1 is 0.844 bits per heavy atom. The number of hydrogen-bond acceptors (Lipinski definition) is 4. The third kappa shape index (κ3) is 4.62. The van der Waals surface area contributed by atoms with Gasteiger partial charge in [0.25, 0.3) is 11.8 Å². The smallest absolute Gasteiger partial charge is 0.271 e. The lowest BCUT2D eigenvalue weighted by molar-refractivity contribution is 0.0953. The molecule has 4 aromatic rings. The Morgan fingerprint density at radius 3 is 2.44 bits per heavy atom. The van der Waals surface area contributed by atoms with E-state index < -0.39 is 17.6 Å². The predicted octanol–water partition coefficient (Wildman–Crippen LogP) is 4.70. The van der Waals surface area contributed by atoms with Crippen molar-refractivity contribution in [2.24, 2.45) is 5.10 Å². The molecule has 7 heteroatoms. The number of aromatic hydroxyl groups is 1. The fourth-order valence-corrected chi connectivity index (χ4v) is 3.18. The maximum absolute atomic E-state index is 13.0. The molecule has 0 heterocycles. The molecule has 0 atom stereocenters. The molecule has 0 aliphatic heterocycles. The van der Waals surface area contributed by atoms with E-state index in [2.05, 4.69) is 15.8 Å². The van der Waals surface area contributed by atoms with Crippen molar-refractivity contribution in [3.8, 4) is 5.75 Å². The molecular weight excluding hydrogens is 409 g/mol. The quantitative estimate of drug-likeness (QED) is 0.318.